The van der Waals surface area contributed by atoms with Crippen LogP contribution in [0.2, 0.25) is 0 Å². The van der Waals surface area contributed by atoms with Crippen LogP contribution >= 0.6 is 0 Å². The minimum Gasteiger partial charge on any atom is -0.481 e. The van der Waals surface area contributed by atoms with Crippen LogP contribution in [0.3, 0.4) is 0 Å². The van der Waals surface area contributed by atoms with Crippen LogP contribution in [0, 0.1) is 12.3 Å². The lowest BCUT2D eigenvalue weighted by atomic mass is 10.1. The number of ether oxygens (including phenoxy) is 1. The van der Waals surface area contributed by atoms with E-state index >= 15 is 0 Å². The van der Waals surface area contributed by atoms with Crippen molar-refractivity contribution in [3.8, 4) is 18.1 Å². The fourth-order valence-electron chi connectivity index (χ4n) is 1.15. The first kappa shape index (κ1) is 10.4. The molecule has 0 aliphatic heterocycles. The second kappa shape index (κ2) is 5.14. The average molecular weight is 186 g/mol. The smallest absolute Gasteiger partial charge is 0.148 e. The van der Waals surface area contributed by atoms with Gasteiger partial charge in [0, 0.05) is 0 Å². The van der Waals surface area contributed by atoms with Gasteiger partial charge < -0.3 is 4.74 Å². The zero-order valence-electron chi connectivity index (χ0n) is 8.58. The highest BCUT2D eigenvalue weighted by Crippen LogP contribution is 2.15. The standard InChI is InChI=1S/C13H14O/c1-4-8-14-13-7-5-6-12(10-13)9-11(2)3/h1,5-7,9-10H,8H2,2-3H3. The Morgan fingerprint density at radius 3 is 2.93 bits per heavy atom. The summed E-state index contributed by atoms with van der Waals surface area (Å²) in [6.45, 7) is 4.45. The maximum Gasteiger partial charge on any atom is 0.148 e. The highest BCUT2D eigenvalue weighted by atomic mass is 16.5. The molecule has 0 atom stereocenters. The molecule has 0 bridgehead atoms. The first-order valence-electron chi connectivity index (χ1n) is 4.53. The summed E-state index contributed by atoms with van der Waals surface area (Å²) in [7, 11) is 0. The molecule has 0 saturated heterocycles. The second-order valence-corrected chi connectivity index (χ2v) is 3.29. The molecular formula is C13H14O. The zero-order valence-corrected chi connectivity index (χ0v) is 8.58. The predicted octanol–water partition coefficient (Wildman–Crippen LogP) is 3.12. The Labute approximate surface area is 85.4 Å². The van der Waals surface area contributed by atoms with Crippen LogP contribution in [0.1, 0.15) is 19.4 Å². The van der Waals surface area contributed by atoms with E-state index in [1.807, 2.05) is 24.3 Å². The molecule has 0 unspecified atom stereocenters. The van der Waals surface area contributed by atoms with E-state index in [0.717, 1.165) is 11.3 Å². The van der Waals surface area contributed by atoms with Crippen molar-refractivity contribution in [2.24, 2.45) is 0 Å². The first-order valence-corrected chi connectivity index (χ1v) is 4.53. The predicted molar refractivity (Wildman–Crippen MR) is 60.1 cm³/mol. The van der Waals surface area contributed by atoms with Gasteiger partial charge in [0.1, 0.15) is 12.4 Å². The summed E-state index contributed by atoms with van der Waals surface area (Å²) >= 11 is 0. The lowest BCUT2D eigenvalue weighted by Crippen LogP contribution is -1.93. The van der Waals surface area contributed by atoms with Crippen molar-refractivity contribution in [1.82, 2.24) is 0 Å². The minimum atomic E-state index is 0.318. The molecule has 0 N–H and O–H groups in total. The third-order valence-corrected chi connectivity index (χ3v) is 1.64. The maximum absolute atomic E-state index is 5.31. The van der Waals surface area contributed by atoms with Gasteiger partial charge in [-0.1, -0.05) is 29.7 Å². The lowest BCUT2D eigenvalue weighted by molar-refractivity contribution is 0.370. The van der Waals surface area contributed by atoms with Crippen molar-refractivity contribution in [3.63, 3.8) is 0 Å². The molecule has 0 aliphatic rings. The Morgan fingerprint density at radius 1 is 1.50 bits per heavy atom. The number of rotatable bonds is 3. The van der Waals surface area contributed by atoms with Crippen molar-refractivity contribution in [3.05, 3.63) is 35.4 Å². The Balaban J connectivity index is 2.80. The van der Waals surface area contributed by atoms with Crippen molar-refractivity contribution in [2.45, 2.75) is 13.8 Å². The molecule has 0 aliphatic carbocycles. The largest absolute Gasteiger partial charge is 0.481 e. The summed E-state index contributed by atoms with van der Waals surface area (Å²) in [5.74, 6) is 3.26. The molecule has 1 nitrogen and oxygen atoms in total. The molecule has 0 spiro atoms. The van der Waals surface area contributed by atoms with Crippen molar-refractivity contribution >= 4 is 6.08 Å². The van der Waals surface area contributed by atoms with Crippen LogP contribution in [0.5, 0.6) is 5.75 Å². The molecule has 0 fully saturated rings. The number of hydrogen-bond donors (Lipinski definition) is 0. The average Bonchev–Trinajstić information content (AvgIpc) is 2.14. The van der Waals surface area contributed by atoms with Gasteiger partial charge >= 0.3 is 0 Å². The van der Waals surface area contributed by atoms with Crippen LogP contribution in [-0.4, -0.2) is 6.61 Å². The molecule has 0 aromatic heterocycles. The highest BCUT2D eigenvalue weighted by Gasteiger charge is 1.93. The Kier molecular flexibility index (Phi) is 3.82. The molecule has 1 rings (SSSR count). The Hall–Kier alpha value is -1.68. The van der Waals surface area contributed by atoms with Crippen LogP contribution < -0.4 is 4.74 Å². The number of terminal acetylenes is 1. The van der Waals surface area contributed by atoms with E-state index in [-0.39, 0.29) is 0 Å². The molecule has 14 heavy (non-hydrogen) atoms. The van der Waals surface area contributed by atoms with E-state index in [2.05, 4.69) is 25.8 Å². The second-order valence-electron chi connectivity index (χ2n) is 3.29. The van der Waals surface area contributed by atoms with Gasteiger partial charge in [-0.15, -0.1) is 6.42 Å². The topological polar surface area (TPSA) is 9.23 Å². The summed E-state index contributed by atoms with van der Waals surface area (Å²) in [4.78, 5) is 0. The van der Waals surface area contributed by atoms with Gasteiger partial charge in [0.25, 0.3) is 0 Å². The molecule has 0 amide bonds. The Morgan fingerprint density at radius 2 is 2.29 bits per heavy atom. The fourth-order valence-corrected chi connectivity index (χ4v) is 1.15. The highest BCUT2D eigenvalue weighted by molar-refractivity contribution is 5.53. The van der Waals surface area contributed by atoms with Gasteiger partial charge in [-0.3, -0.25) is 0 Å². The van der Waals surface area contributed by atoms with Gasteiger partial charge in [0.05, 0.1) is 0 Å². The molecule has 1 aromatic carbocycles. The van der Waals surface area contributed by atoms with E-state index in [4.69, 9.17) is 11.2 Å². The van der Waals surface area contributed by atoms with Crippen molar-refractivity contribution in [2.75, 3.05) is 6.61 Å². The van der Waals surface area contributed by atoms with E-state index < -0.39 is 0 Å². The molecule has 0 saturated carbocycles. The third-order valence-electron chi connectivity index (χ3n) is 1.64. The van der Waals surface area contributed by atoms with Crippen LogP contribution in [0.15, 0.2) is 29.8 Å². The monoisotopic (exact) mass is 186 g/mol. The molecule has 0 radical (unpaired) electrons. The van der Waals surface area contributed by atoms with Gasteiger partial charge in [0.2, 0.25) is 0 Å². The summed E-state index contributed by atoms with van der Waals surface area (Å²) in [6, 6.07) is 7.88. The minimum absolute atomic E-state index is 0.318. The molecule has 72 valence electrons. The normalized spacial score (nSPS) is 8.93. The SMILES string of the molecule is C#CCOc1cccc(C=C(C)C)c1. The number of hydrogen-bond acceptors (Lipinski definition) is 1. The van der Waals surface area contributed by atoms with Gasteiger partial charge in [-0.05, 0) is 31.5 Å². The van der Waals surface area contributed by atoms with E-state index in [0.29, 0.717) is 6.61 Å². The molecule has 0 heterocycles. The fraction of sp³-hybridized carbons (Fsp3) is 0.231. The lowest BCUT2D eigenvalue weighted by Gasteiger charge is -2.02. The summed E-state index contributed by atoms with van der Waals surface area (Å²) < 4.78 is 5.31. The van der Waals surface area contributed by atoms with E-state index in [1.165, 1.54) is 5.57 Å². The molecular weight excluding hydrogens is 172 g/mol. The molecule has 1 aromatic rings. The quantitative estimate of drug-likeness (QED) is 0.659. The van der Waals surface area contributed by atoms with Crippen LogP contribution in [-0.2, 0) is 0 Å². The first-order chi connectivity index (χ1) is 6.72. The van der Waals surface area contributed by atoms with Crippen molar-refractivity contribution in [1.29, 1.82) is 0 Å². The van der Waals surface area contributed by atoms with E-state index in [1.54, 1.807) is 0 Å². The van der Waals surface area contributed by atoms with Gasteiger partial charge in [-0.2, -0.15) is 0 Å². The Bertz CT molecular complexity index is 365. The third kappa shape index (κ3) is 3.37. The maximum atomic E-state index is 5.31. The van der Waals surface area contributed by atoms with Crippen molar-refractivity contribution < 1.29 is 4.74 Å². The van der Waals surface area contributed by atoms with Gasteiger partial charge in [0.15, 0.2) is 0 Å². The summed E-state index contributed by atoms with van der Waals surface area (Å²) in [6.07, 6.45) is 7.21. The number of benzene rings is 1. The zero-order chi connectivity index (χ0) is 10.4. The summed E-state index contributed by atoms with van der Waals surface area (Å²) in [5.41, 5.74) is 2.40. The van der Waals surface area contributed by atoms with E-state index in [9.17, 15) is 0 Å². The van der Waals surface area contributed by atoms with Crippen LogP contribution in [0.4, 0.5) is 0 Å². The van der Waals surface area contributed by atoms with Gasteiger partial charge in [-0.25, -0.2) is 0 Å². The van der Waals surface area contributed by atoms with Crippen LogP contribution in [0.25, 0.3) is 6.08 Å². The number of allylic oxidation sites excluding steroid dienone is 1. The molecule has 1 heteroatoms. The summed E-state index contributed by atoms with van der Waals surface area (Å²) in [5, 5.41) is 0.